The Morgan fingerprint density at radius 2 is 1.86 bits per heavy atom. The van der Waals surface area contributed by atoms with Crippen LogP contribution < -0.4 is 10.6 Å². The van der Waals surface area contributed by atoms with Crippen LogP contribution in [0.1, 0.15) is 15.9 Å². The quantitative estimate of drug-likeness (QED) is 0.393. The van der Waals surface area contributed by atoms with Gasteiger partial charge in [0.25, 0.3) is 5.91 Å². The molecule has 0 atom stereocenters. The zero-order valence-corrected chi connectivity index (χ0v) is 11.3. The molecule has 0 aliphatic carbocycles. The number of carbonyl (C=O) groups is 1. The Morgan fingerprint density at radius 1 is 1.19 bits per heavy atom. The number of hydrogen-bond acceptors (Lipinski definition) is 3. The van der Waals surface area contributed by atoms with E-state index in [4.69, 9.17) is 10.9 Å². The third-order valence-corrected chi connectivity index (χ3v) is 3.03. The van der Waals surface area contributed by atoms with Crippen molar-refractivity contribution < 1.29 is 14.4 Å². The molecule has 2 aromatic rings. The summed E-state index contributed by atoms with van der Waals surface area (Å²) >= 11 is 0. The van der Waals surface area contributed by atoms with Gasteiger partial charge in [0.15, 0.2) is 5.84 Å². The Bertz CT molecular complexity index is 684. The van der Waals surface area contributed by atoms with E-state index >= 15 is 0 Å². The minimum Gasteiger partial charge on any atom is -0.409 e. The third kappa shape index (κ3) is 3.17. The summed E-state index contributed by atoms with van der Waals surface area (Å²) in [5.74, 6) is -0.728. The first-order valence-corrected chi connectivity index (χ1v) is 6.14. The molecule has 0 heterocycles. The molecule has 108 valence electrons. The van der Waals surface area contributed by atoms with E-state index in [-0.39, 0.29) is 11.7 Å². The van der Waals surface area contributed by atoms with Crippen LogP contribution >= 0.6 is 0 Å². The fourth-order valence-electron chi connectivity index (χ4n) is 1.83. The van der Waals surface area contributed by atoms with Gasteiger partial charge in [0.1, 0.15) is 5.82 Å². The lowest BCUT2D eigenvalue weighted by molar-refractivity contribution is 0.0993. The first-order chi connectivity index (χ1) is 10.0. The lowest BCUT2D eigenvalue weighted by atomic mass is 10.1. The largest absolute Gasteiger partial charge is 0.409 e. The molecule has 0 spiro atoms. The molecule has 0 bridgehead atoms. The van der Waals surface area contributed by atoms with Crippen molar-refractivity contribution in [3.05, 3.63) is 65.5 Å². The third-order valence-electron chi connectivity index (χ3n) is 3.03. The van der Waals surface area contributed by atoms with Gasteiger partial charge in [0, 0.05) is 23.9 Å². The highest BCUT2D eigenvalue weighted by Gasteiger charge is 2.14. The number of carbonyl (C=O) groups excluding carboxylic acids is 1. The number of oxime groups is 1. The topological polar surface area (TPSA) is 78.9 Å². The van der Waals surface area contributed by atoms with E-state index in [0.717, 1.165) is 0 Å². The first kappa shape index (κ1) is 14.5. The van der Waals surface area contributed by atoms with Gasteiger partial charge in [-0.1, -0.05) is 17.3 Å². The van der Waals surface area contributed by atoms with Crippen molar-refractivity contribution in [2.75, 3.05) is 11.9 Å². The lowest BCUT2D eigenvalue weighted by Gasteiger charge is -2.18. The Balaban J connectivity index is 2.29. The van der Waals surface area contributed by atoms with Gasteiger partial charge in [0.05, 0.1) is 0 Å². The van der Waals surface area contributed by atoms with Crippen LogP contribution in [0.2, 0.25) is 0 Å². The summed E-state index contributed by atoms with van der Waals surface area (Å²) in [6.45, 7) is 0. The summed E-state index contributed by atoms with van der Waals surface area (Å²) in [6.07, 6.45) is 0. The van der Waals surface area contributed by atoms with Crippen molar-refractivity contribution in [2.45, 2.75) is 0 Å². The van der Waals surface area contributed by atoms with Gasteiger partial charge in [-0.05, 0) is 36.4 Å². The molecule has 0 saturated carbocycles. The summed E-state index contributed by atoms with van der Waals surface area (Å²) in [5.41, 5.74) is 6.96. The molecule has 0 radical (unpaired) electrons. The summed E-state index contributed by atoms with van der Waals surface area (Å²) in [6, 6.07) is 12.0. The Kier molecular flexibility index (Phi) is 4.18. The average molecular weight is 287 g/mol. The second-order valence-corrected chi connectivity index (χ2v) is 4.41. The second kappa shape index (κ2) is 6.04. The van der Waals surface area contributed by atoms with E-state index < -0.39 is 5.82 Å². The van der Waals surface area contributed by atoms with Gasteiger partial charge in [-0.2, -0.15) is 0 Å². The standard InChI is InChI=1S/C15H14FN3O2/c1-19(15(20)10-5-7-12(16)8-6-10)13-4-2-3-11(9-13)14(17)18-21/h2-9,21H,1H3,(H2,17,18). The number of rotatable bonds is 3. The smallest absolute Gasteiger partial charge is 0.258 e. The highest BCUT2D eigenvalue weighted by Crippen LogP contribution is 2.17. The molecule has 0 fully saturated rings. The Labute approximate surface area is 121 Å². The molecule has 6 heteroatoms. The number of hydrogen-bond donors (Lipinski definition) is 2. The van der Waals surface area contributed by atoms with E-state index in [0.29, 0.717) is 16.8 Å². The number of amides is 1. The summed E-state index contributed by atoms with van der Waals surface area (Å²) in [5, 5.41) is 11.6. The van der Waals surface area contributed by atoms with Gasteiger partial charge in [-0.15, -0.1) is 0 Å². The van der Waals surface area contributed by atoms with Crippen LogP contribution in [0.5, 0.6) is 0 Å². The van der Waals surface area contributed by atoms with Gasteiger partial charge in [-0.25, -0.2) is 4.39 Å². The highest BCUT2D eigenvalue weighted by molar-refractivity contribution is 6.06. The van der Waals surface area contributed by atoms with Crippen LogP contribution in [-0.2, 0) is 0 Å². The number of nitrogens with two attached hydrogens (primary N) is 1. The number of nitrogens with zero attached hydrogens (tertiary/aromatic N) is 2. The molecule has 21 heavy (non-hydrogen) atoms. The van der Waals surface area contributed by atoms with Gasteiger partial charge < -0.3 is 15.8 Å². The zero-order chi connectivity index (χ0) is 15.4. The number of amidine groups is 1. The summed E-state index contributed by atoms with van der Waals surface area (Å²) in [4.78, 5) is 13.7. The van der Waals surface area contributed by atoms with Crippen molar-refractivity contribution in [2.24, 2.45) is 10.9 Å². The van der Waals surface area contributed by atoms with E-state index in [1.807, 2.05) is 0 Å². The van der Waals surface area contributed by atoms with E-state index in [1.165, 1.54) is 29.2 Å². The number of anilines is 1. The van der Waals surface area contributed by atoms with Crippen molar-refractivity contribution in [1.82, 2.24) is 0 Å². The van der Waals surface area contributed by atoms with Crippen molar-refractivity contribution in [3.8, 4) is 0 Å². The molecule has 0 aromatic heterocycles. The predicted octanol–water partition coefficient (Wildman–Crippen LogP) is 2.20. The highest BCUT2D eigenvalue weighted by atomic mass is 19.1. The molecule has 0 unspecified atom stereocenters. The minimum absolute atomic E-state index is 0.0421. The molecule has 0 saturated heterocycles. The maximum Gasteiger partial charge on any atom is 0.258 e. The van der Waals surface area contributed by atoms with E-state index in [9.17, 15) is 9.18 Å². The fourth-order valence-corrected chi connectivity index (χ4v) is 1.83. The van der Waals surface area contributed by atoms with E-state index in [2.05, 4.69) is 5.16 Å². The van der Waals surface area contributed by atoms with Crippen molar-refractivity contribution >= 4 is 17.4 Å². The molecule has 0 aliphatic heterocycles. The maximum atomic E-state index is 12.9. The average Bonchev–Trinajstić information content (AvgIpc) is 2.53. The molecule has 0 aliphatic rings. The minimum atomic E-state index is -0.400. The van der Waals surface area contributed by atoms with Gasteiger partial charge >= 0.3 is 0 Å². The molecule has 1 amide bonds. The second-order valence-electron chi connectivity index (χ2n) is 4.41. The molecular formula is C15H14FN3O2. The van der Waals surface area contributed by atoms with Crippen molar-refractivity contribution in [1.29, 1.82) is 0 Å². The normalized spacial score (nSPS) is 11.2. The van der Waals surface area contributed by atoms with Crippen LogP contribution in [0.4, 0.5) is 10.1 Å². The first-order valence-electron chi connectivity index (χ1n) is 6.14. The molecule has 5 nitrogen and oxygen atoms in total. The molecule has 2 rings (SSSR count). The number of benzene rings is 2. The molecule has 3 N–H and O–H groups in total. The van der Waals surface area contributed by atoms with Gasteiger partial charge in [0.2, 0.25) is 0 Å². The van der Waals surface area contributed by atoms with Crippen LogP contribution in [-0.4, -0.2) is 24.0 Å². The lowest BCUT2D eigenvalue weighted by Crippen LogP contribution is -2.26. The van der Waals surface area contributed by atoms with Crippen LogP contribution in [0.3, 0.4) is 0 Å². The van der Waals surface area contributed by atoms with E-state index in [1.54, 1.807) is 31.3 Å². The number of halogens is 1. The van der Waals surface area contributed by atoms with Crippen LogP contribution in [0.15, 0.2) is 53.7 Å². The van der Waals surface area contributed by atoms with Crippen LogP contribution in [0.25, 0.3) is 0 Å². The fraction of sp³-hybridized carbons (Fsp3) is 0.0667. The Hall–Kier alpha value is -2.89. The monoisotopic (exact) mass is 287 g/mol. The summed E-state index contributed by atoms with van der Waals surface area (Å²) in [7, 11) is 1.59. The van der Waals surface area contributed by atoms with Crippen molar-refractivity contribution in [3.63, 3.8) is 0 Å². The van der Waals surface area contributed by atoms with Crippen LogP contribution in [0, 0.1) is 5.82 Å². The Morgan fingerprint density at radius 3 is 2.48 bits per heavy atom. The summed E-state index contributed by atoms with van der Waals surface area (Å²) < 4.78 is 12.9. The zero-order valence-electron chi connectivity index (χ0n) is 11.3. The van der Waals surface area contributed by atoms with Gasteiger partial charge in [-0.3, -0.25) is 4.79 Å². The SMILES string of the molecule is CN(C(=O)c1ccc(F)cc1)c1cccc(C(N)=NO)c1. The maximum absolute atomic E-state index is 12.9. The predicted molar refractivity (Wildman–Crippen MR) is 78.1 cm³/mol. The molecule has 2 aromatic carbocycles. The molecular weight excluding hydrogens is 273 g/mol.